The maximum atomic E-state index is 11.9. The molecule has 26 heavy (non-hydrogen) atoms. The predicted molar refractivity (Wildman–Crippen MR) is 101 cm³/mol. The molecule has 1 aromatic rings. The number of hydrogen-bond acceptors (Lipinski definition) is 6. The number of amides is 1. The van der Waals surface area contributed by atoms with Crippen molar-refractivity contribution < 1.29 is 15.8 Å². The van der Waals surface area contributed by atoms with Crippen molar-refractivity contribution in [3.63, 3.8) is 0 Å². The number of H-pyrrole nitrogens is 1. The third-order valence-corrected chi connectivity index (χ3v) is 2.78. The highest BCUT2D eigenvalue weighted by molar-refractivity contribution is 5.75. The predicted octanol–water partition coefficient (Wildman–Crippen LogP) is 0.894. The maximum Gasteiger partial charge on any atom is 0.328 e. The van der Waals surface area contributed by atoms with Crippen LogP contribution < -0.4 is 16.7 Å². The summed E-state index contributed by atoms with van der Waals surface area (Å²) >= 11 is 0. The lowest BCUT2D eigenvalue weighted by atomic mass is 10.2. The van der Waals surface area contributed by atoms with E-state index in [-0.39, 0.29) is 13.9 Å². The van der Waals surface area contributed by atoms with Crippen LogP contribution in [-0.4, -0.2) is 45.1 Å². The number of aromatic nitrogens is 2. The fraction of sp³-hybridized carbons (Fsp3) is 0.647. The minimum Gasteiger partial charge on any atom is -0.459 e. The molecule has 0 unspecified atom stereocenters. The zero-order valence-electron chi connectivity index (χ0n) is 16.4. The molecule has 0 fully saturated rings. The van der Waals surface area contributed by atoms with Crippen molar-refractivity contribution in [2.45, 2.75) is 60.1 Å². The number of aromatic amines is 1. The number of hydrazine groups is 1. The number of nitrogens with zero attached hydrogens (tertiary/aromatic N) is 2. The van der Waals surface area contributed by atoms with Crippen LogP contribution in [0.15, 0.2) is 21.9 Å². The molecule has 0 radical (unpaired) electrons. The molecule has 0 aliphatic rings. The number of carbonyl (C=O) groups is 2. The van der Waals surface area contributed by atoms with E-state index in [1.54, 1.807) is 20.8 Å². The van der Waals surface area contributed by atoms with Gasteiger partial charge in [-0.2, -0.15) is 0 Å². The second kappa shape index (κ2) is 11.2. The van der Waals surface area contributed by atoms with Crippen molar-refractivity contribution in [3.8, 4) is 0 Å². The smallest absolute Gasteiger partial charge is 0.328 e. The van der Waals surface area contributed by atoms with Crippen LogP contribution in [0.5, 0.6) is 0 Å². The summed E-state index contributed by atoms with van der Waals surface area (Å²) in [7, 11) is 0. The summed E-state index contributed by atoms with van der Waals surface area (Å²) in [5, 5.41) is 1.44. The van der Waals surface area contributed by atoms with E-state index >= 15 is 0 Å². The molecule has 0 saturated heterocycles. The van der Waals surface area contributed by atoms with E-state index in [1.165, 1.54) is 28.8 Å². The molecule has 0 bridgehead atoms. The van der Waals surface area contributed by atoms with Gasteiger partial charge in [0.05, 0.1) is 0 Å². The number of rotatable bonds is 7. The van der Waals surface area contributed by atoms with E-state index in [1.807, 2.05) is 13.8 Å². The number of ether oxygens (including phenoxy) is 1. The maximum absolute atomic E-state index is 11.9. The highest BCUT2D eigenvalue weighted by atomic mass is 16.6. The molecule has 0 aliphatic heterocycles. The Morgan fingerprint density at radius 1 is 1.31 bits per heavy atom. The first-order valence-corrected chi connectivity index (χ1v) is 8.60. The van der Waals surface area contributed by atoms with E-state index < -0.39 is 22.8 Å². The SMILES string of the molecule is CC.CC(=O)NN(CCCn1ccc(=O)[nH]c1=O)CC(=O)OC(C)(C)C.[HH]. The topological polar surface area (TPSA) is 113 Å². The average molecular weight is 372 g/mol. The van der Waals surface area contributed by atoms with Crippen LogP contribution in [0.3, 0.4) is 0 Å². The van der Waals surface area contributed by atoms with Gasteiger partial charge in [0.2, 0.25) is 5.91 Å². The Morgan fingerprint density at radius 2 is 1.92 bits per heavy atom. The first-order chi connectivity index (χ1) is 12.1. The molecule has 2 N–H and O–H groups in total. The van der Waals surface area contributed by atoms with Crippen molar-refractivity contribution in [1.82, 2.24) is 20.0 Å². The number of nitrogens with one attached hydrogen (secondary N) is 2. The number of carbonyl (C=O) groups excluding carboxylic acids is 2. The summed E-state index contributed by atoms with van der Waals surface area (Å²) in [6.07, 6.45) is 1.88. The van der Waals surface area contributed by atoms with Gasteiger partial charge in [-0.05, 0) is 27.2 Å². The van der Waals surface area contributed by atoms with Crippen molar-refractivity contribution >= 4 is 11.9 Å². The van der Waals surface area contributed by atoms with Gasteiger partial charge < -0.3 is 9.30 Å². The van der Waals surface area contributed by atoms with Crippen molar-refractivity contribution in [3.05, 3.63) is 33.1 Å². The number of hydrogen-bond donors (Lipinski definition) is 2. The fourth-order valence-corrected chi connectivity index (χ4v) is 1.98. The highest BCUT2D eigenvalue weighted by Gasteiger charge is 2.19. The van der Waals surface area contributed by atoms with Crippen molar-refractivity contribution in [2.24, 2.45) is 0 Å². The normalized spacial score (nSPS) is 10.7. The fourth-order valence-electron chi connectivity index (χ4n) is 1.98. The second-order valence-electron chi connectivity index (χ2n) is 6.33. The van der Waals surface area contributed by atoms with Crippen LogP contribution in [0.1, 0.15) is 49.4 Å². The van der Waals surface area contributed by atoms with Crippen LogP contribution in [0.2, 0.25) is 0 Å². The number of aryl methyl sites for hydroxylation is 1. The molecule has 150 valence electrons. The highest BCUT2D eigenvalue weighted by Crippen LogP contribution is 2.07. The van der Waals surface area contributed by atoms with Crippen LogP contribution >= 0.6 is 0 Å². The summed E-state index contributed by atoms with van der Waals surface area (Å²) in [6.45, 7) is 11.2. The standard InChI is InChI=1S/C15H24N4O5.C2H6.H2/c1-11(20)17-19(10-13(22)24-15(2,3)4)8-5-7-18-9-6-12(21)16-14(18)23;1-2;/h6,9H,5,7-8,10H2,1-4H3,(H,17,20)(H,16,21,23);1-2H3;1H. The first kappa shape index (κ1) is 23.6. The molecule has 1 aromatic heterocycles. The van der Waals surface area contributed by atoms with E-state index in [0.717, 1.165) is 0 Å². The zero-order valence-corrected chi connectivity index (χ0v) is 16.4. The van der Waals surface area contributed by atoms with Gasteiger partial charge in [-0.1, -0.05) is 13.8 Å². The minimum atomic E-state index is -0.609. The molecule has 0 aliphatic carbocycles. The van der Waals surface area contributed by atoms with Crippen LogP contribution in [-0.2, 0) is 20.9 Å². The van der Waals surface area contributed by atoms with E-state index in [4.69, 9.17) is 4.74 Å². The summed E-state index contributed by atoms with van der Waals surface area (Å²) in [5.74, 6) is -0.766. The molecular formula is C17H32N4O5. The lowest BCUT2D eigenvalue weighted by Crippen LogP contribution is -2.46. The molecule has 0 saturated carbocycles. The summed E-state index contributed by atoms with van der Waals surface area (Å²) in [5.41, 5.74) is 0.989. The molecular weight excluding hydrogens is 340 g/mol. The lowest BCUT2D eigenvalue weighted by molar-refractivity contribution is -0.157. The molecule has 9 heteroatoms. The summed E-state index contributed by atoms with van der Waals surface area (Å²) in [6, 6.07) is 1.26. The van der Waals surface area contributed by atoms with Gasteiger partial charge in [0.25, 0.3) is 5.56 Å². The van der Waals surface area contributed by atoms with E-state index in [9.17, 15) is 19.2 Å². The molecule has 0 spiro atoms. The summed E-state index contributed by atoms with van der Waals surface area (Å²) in [4.78, 5) is 47.9. The van der Waals surface area contributed by atoms with Gasteiger partial charge in [-0.3, -0.25) is 24.8 Å². The van der Waals surface area contributed by atoms with Crippen molar-refractivity contribution in [2.75, 3.05) is 13.1 Å². The second-order valence-corrected chi connectivity index (χ2v) is 6.33. The third-order valence-electron chi connectivity index (χ3n) is 2.78. The largest absolute Gasteiger partial charge is 0.459 e. The lowest BCUT2D eigenvalue weighted by Gasteiger charge is -2.25. The number of esters is 1. The average Bonchev–Trinajstić information content (AvgIpc) is 2.48. The Balaban J connectivity index is 0. The van der Waals surface area contributed by atoms with Gasteiger partial charge in [0, 0.05) is 33.7 Å². The van der Waals surface area contributed by atoms with Crippen molar-refractivity contribution in [1.29, 1.82) is 0 Å². The zero-order chi connectivity index (χ0) is 20.3. The quantitative estimate of drug-likeness (QED) is 0.543. The Hall–Kier alpha value is -2.42. The van der Waals surface area contributed by atoms with Gasteiger partial charge in [0.1, 0.15) is 12.1 Å². The Bertz CT molecular complexity index is 694. The first-order valence-electron chi connectivity index (χ1n) is 8.60. The monoisotopic (exact) mass is 372 g/mol. The molecule has 9 nitrogen and oxygen atoms in total. The molecule has 1 amide bonds. The molecule has 0 atom stereocenters. The molecule has 0 aromatic carbocycles. The van der Waals surface area contributed by atoms with Gasteiger partial charge in [-0.15, -0.1) is 0 Å². The van der Waals surface area contributed by atoms with E-state index in [0.29, 0.717) is 19.5 Å². The van der Waals surface area contributed by atoms with Gasteiger partial charge in [0.15, 0.2) is 0 Å². The Morgan fingerprint density at radius 3 is 2.42 bits per heavy atom. The summed E-state index contributed by atoms with van der Waals surface area (Å²) < 4.78 is 6.57. The van der Waals surface area contributed by atoms with Crippen LogP contribution in [0, 0.1) is 0 Å². The van der Waals surface area contributed by atoms with Gasteiger partial charge in [-0.25, -0.2) is 9.80 Å². The molecule has 1 heterocycles. The van der Waals surface area contributed by atoms with Crippen LogP contribution in [0.4, 0.5) is 0 Å². The Kier molecular flexibility index (Phi) is 10.2. The van der Waals surface area contributed by atoms with Gasteiger partial charge >= 0.3 is 11.7 Å². The Labute approximate surface area is 154 Å². The minimum absolute atomic E-state index is 0. The van der Waals surface area contributed by atoms with Crippen LogP contribution in [0.25, 0.3) is 0 Å². The van der Waals surface area contributed by atoms with E-state index in [2.05, 4.69) is 10.4 Å². The third kappa shape index (κ3) is 10.4. The molecule has 1 rings (SSSR count).